The van der Waals surface area contributed by atoms with Crippen LogP contribution in [-0.4, -0.2) is 31.5 Å². The van der Waals surface area contributed by atoms with Gasteiger partial charge in [-0.2, -0.15) is 4.98 Å². The van der Waals surface area contributed by atoms with E-state index in [0.717, 1.165) is 33.3 Å². The van der Waals surface area contributed by atoms with Crippen molar-refractivity contribution in [2.45, 2.75) is 6.42 Å². The Hall–Kier alpha value is -3.20. The molecule has 0 bridgehead atoms. The number of nitrogens with one attached hydrogen (secondary N) is 4. The quantitative estimate of drug-likeness (QED) is 0.377. The molecule has 0 saturated carbocycles. The van der Waals surface area contributed by atoms with Crippen LogP contribution in [0.4, 0.5) is 17.5 Å². The molecule has 27 heavy (non-hydrogen) atoms. The first kappa shape index (κ1) is 17.2. The van der Waals surface area contributed by atoms with E-state index in [0.29, 0.717) is 18.3 Å². The molecule has 136 valence electrons. The van der Waals surface area contributed by atoms with Gasteiger partial charge >= 0.3 is 5.69 Å². The molecule has 4 aromatic rings. The summed E-state index contributed by atoms with van der Waals surface area (Å²) >= 11 is 3.46. The van der Waals surface area contributed by atoms with E-state index in [-0.39, 0.29) is 5.69 Å². The lowest BCUT2D eigenvalue weighted by molar-refractivity contribution is 0.949. The summed E-state index contributed by atoms with van der Waals surface area (Å²) in [7, 11) is 0. The molecule has 0 spiro atoms. The molecule has 0 aliphatic heterocycles. The van der Waals surface area contributed by atoms with E-state index in [4.69, 9.17) is 0 Å². The number of fused-ring (bicyclic) bond motifs is 1. The maximum Gasteiger partial charge on any atom is 0.323 e. The first-order valence-electron chi connectivity index (χ1n) is 8.33. The van der Waals surface area contributed by atoms with Gasteiger partial charge < -0.3 is 20.6 Å². The van der Waals surface area contributed by atoms with Crippen LogP contribution in [0.5, 0.6) is 0 Å². The maximum absolute atomic E-state index is 11.4. The average molecular weight is 426 g/mol. The number of rotatable bonds is 6. The van der Waals surface area contributed by atoms with E-state index in [1.165, 1.54) is 0 Å². The van der Waals surface area contributed by atoms with Gasteiger partial charge in [0.05, 0.1) is 15.5 Å². The maximum atomic E-state index is 11.4. The lowest BCUT2D eigenvalue weighted by Crippen LogP contribution is -2.09. The Labute approximate surface area is 162 Å². The van der Waals surface area contributed by atoms with Crippen LogP contribution in [0.1, 0.15) is 5.69 Å². The molecule has 4 N–H and O–H groups in total. The van der Waals surface area contributed by atoms with Gasteiger partial charge in [0, 0.05) is 36.7 Å². The standard InChI is InChI=1S/C18H16BrN7O/c19-13-10-22-17(23-12-4-5-14-15(9-12)25-18(27)24-14)26-16(13)21-8-6-11-3-1-2-7-20-11/h1-5,7,9-10H,6,8H2,(H2,24,25,27)(H2,21,22,23,26). The normalized spacial score (nSPS) is 10.9. The number of hydrogen-bond acceptors (Lipinski definition) is 6. The Morgan fingerprint density at radius 3 is 2.81 bits per heavy atom. The van der Waals surface area contributed by atoms with Gasteiger partial charge in [-0.25, -0.2) is 9.78 Å². The summed E-state index contributed by atoms with van der Waals surface area (Å²) in [5.41, 5.74) is 3.03. The highest BCUT2D eigenvalue weighted by molar-refractivity contribution is 9.10. The molecule has 0 saturated heterocycles. The minimum Gasteiger partial charge on any atom is -0.369 e. The molecule has 0 aliphatic rings. The van der Waals surface area contributed by atoms with Gasteiger partial charge in [0.1, 0.15) is 5.82 Å². The van der Waals surface area contributed by atoms with Crippen molar-refractivity contribution in [3.63, 3.8) is 0 Å². The number of H-pyrrole nitrogens is 2. The molecule has 0 aliphatic carbocycles. The lowest BCUT2D eigenvalue weighted by atomic mass is 10.3. The molecular formula is C18H16BrN7O. The number of benzene rings is 1. The number of halogens is 1. The van der Waals surface area contributed by atoms with Crippen LogP contribution < -0.4 is 16.3 Å². The van der Waals surface area contributed by atoms with Crippen LogP contribution in [0.3, 0.4) is 0 Å². The number of aromatic amines is 2. The lowest BCUT2D eigenvalue weighted by Gasteiger charge is -2.10. The summed E-state index contributed by atoms with van der Waals surface area (Å²) < 4.78 is 0.777. The molecule has 0 radical (unpaired) electrons. The Bertz CT molecular complexity index is 1120. The van der Waals surface area contributed by atoms with Crippen molar-refractivity contribution >= 4 is 44.4 Å². The molecule has 4 rings (SSSR count). The van der Waals surface area contributed by atoms with E-state index in [2.05, 4.69) is 51.5 Å². The Balaban J connectivity index is 1.46. The SMILES string of the molecule is O=c1[nH]c2ccc(Nc3ncc(Br)c(NCCc4ccccn4)n3)cc2[nH]1. The summed E-state index contributed by atoms with van der Waals surface area (Å²) in [5.74, 6) is 1.15. The molecule has 8 nitrogen and oxygen atoms in total. The molecule has 0 amide bonds. The monoisotopic (exact) mass is 425 g/mol. The Kier molecular flexibility index (Phi) is 4.84. The average Bonchev–Trinajstić information content (AvgIpc) is 3.04. The second-order valence-corrected chi connectivity index (χ2v) is 6.71. The first-order valence-corrected chi connectivity index (χ1v) is 9.12. The largest absolute Gasteiger partial charge is 0.369 e. The molecule has 0 unspecified atom stereocenters. The minimum absolute atomic E-state index is 0.235. The number of imidazole rings is 1. The fourth-order valence-electron chi connectivity index (χ4n) is 2.65. The Morgan fingerprint density at radius 1 is 1.07 bits per heavy atom. The molecule has 0 fully saturated rings. The van der Waals surface area contributed by atoms with Crippen molar-refractivity contribution in [3.8, 4) is 0 Å². The molecule has 0 atom stereocenters. The van der Waals surface area contributed by atoms with Crippen LogP contribution >= 0.6 is 15.9 Å². The fourth-order valence-corrected chi connectivity index (χ4v) is 2.98. The van der Waals surface area contributed by atoms with Gasteiger partial charge in [0.2, 0.25) is 5.95 Å². The topological polar surface area (TPSA) is 111 Å². The first-order chi connectivity index (χ1) is 13.2. The van der Waals surface area contributed by atoms with Crippen LogP contribution in [0.15, 0.2) is 58.1 Å². The second kappa shape index (κ2) is 7.58. The molecule has 3 heterocycles. The van der Waals surface area contributed by atoms with Crippen molar-refractivity contribution in [1.29, 1.82) is 0 Å². The van der Waals surface area contributed by atoms with Crippen LogP contribution in [0, 0.1) is 0 Å². The van der Waals surface area contributed by atoms with Gasteiger partial charge in [0.15, 0.2) is 0 Å². The van der Waals surface area contributed by atoms with Crippen molar-refractivity contribution in [2.75, 3.05) is 17.2 Å². The predicted octanol–water partition coefficient (Wildman–Crippen LogP) is 3.20. The molecule has 3 aromatic heterocycles. The summed E-state index contributed by atoms with van der Waals surface area (Å²) in [6, 6.07) is 11.4. The fraction of sp³-hybridized carbons (Fsp3) is 0.111. The third-order valence-electron chi connectivity index (χ3n) is 3.92. The predicted molar refractivity (Wildman–Crippen MR) is 108 cm³/mol. The highest BCUT2D eigenvalue weighted by atomic mass is 79.9. The molecule has 9 heteroatoms. The number of anilines is 3. The summed E-state index contributed by atoms with van der Waals surface area (Å²) in [6.07, 6.45) is 4.26. The highest BCUT2D eigenvalue weighted by Crippen LogP contribution is 2.23. The van der Waals surface area contributed by atoms with Crippen LogP contribution in [-0.2, 0) is 6.42 Å². The highest BCUT2D eigenvalue weighted by Gasteiger charge is 2.07. The third-order valence-corrected chi connectivity index (χ3v) is 4.50. The van der Waals surface area contributed by atoms with Crippen LogP contribution in [0.2, 0.25) is 0 Å². The van der Waals surface area contributed by atoms with E-state index >= 15 is 0 Å². The summed E-state index contributed by atoms with van der Waals surface area (Å²) in [5, 5.41) is 6.44. The van der Waals surface area contributed by atoms with Crippen molar-refractivity contribution < 1.29 is 0 Å². The zero-order valence-electron chi connectivity index (χ0n) is 14.2. The smallest absolute Gasteiger partial charge is 0.323 e. The molecule has 1 aromatic carbocycles. The van der Waals surface area contributed by atoms with Gasteiger partial charge in [0.25, 0.3) is 0 Å². The number of nitrogens with zero attached hydrogens (tertiary/aromatic N) is 3. The number of pyridine rings is 1. The Morgan fingerprint density at radius 2 is 1.96 bits per heavy atom. The summed E-state index contributed by atoms with van der Waals surface area (Å²) in [4.78, 5) is 29.9. The van der Waals surface area contributed by atoms with E-state index in [9.17, 15) is 4.79 Å². The van der Waals surface area contributed by atoms with Crippen molar-refractivity contribution in [3.05, 3.63) is 69.4 Å². The van der Waals surface area contributed by atoms with Gasteiger partial charge in [-0.15, -0.1) is 0 Å². The van der Waals surface area contributed by atoms with E-state index in [1.54, 1.807) is 12.4 Å². The zero-order chi connectivity index (χ0) is 18.6. The zero-order valence-corrected chi connectivity index (χ0v) is 15.7. The second-order valence-electron chi connectivity index (χ2n) is 5.85. The van der Waals surface area contributed by atoms with Gasteiger partial charge in [-0.3, -0.25) is 4.98 Å². The van der Waals surface area contributed by atoms with Crippen molar-refractivity contribution in [2.24, 2.45) is 0 Å². The number of aromatic nitrogens is 5. The van der Waals surface area contributed by atoms with E-state index in [1.807, 2.05) is 36.4 Å². The summed E-state index contributed by atoms with van der Waals surface area (Å²) in [6.45, 7) is 0.697. The van der Waals surface area contributed by atoms with Crippen molar-refractivity contribution in [1.82, 2.24) is 24.9 Å². The van der Waals surface area contributed by atoms with E-state index < -0.39 is 0 Å². The molecular weight excluding hydrogens is 410 g/mol. The van der Waals surface area contributed by atoms with Crippen LogP contribution in [0.25, 0.3) is 11.0 Å². The minimum atomic E-state index is -0.235. The van der Waals surface area contributed by atoms with Gasteiger partial charge in [-0.05, 0) is 46.3 Å². The van der Waals surface area contributed by atoms with Gasteiger partial charge in [-0.1, -0.05) is 6.07 Å². The third kappa shape index (κ3) is 4.14. The number of hydrogen-bond donors (Lipinski definition) is 4.